The van der Waals surface area contributed by atoms with Gasteiger partial charge < -0.3 is 19.9 Å². The van der Waals surface area contributed by atoms with Gasteiger partial charge in [0.15, 0.2) is 5.75 Å². The van der Waals surface area contributed by atoms with Crippen LogP contribution in [0.3, 0.4) is 0 Å². The number of fused-ring (bicyclic) bond motifs is 1. The first kappa shape index (κ1) is 16.5. The van der Waals surface area contributed by atoms with E-state index in [4.69, 9.17) is 14.6 Å². The second-order valence-corrected chi connectivity index (χ2v) is 5.34. The van der Waals surface area contributed by atoms with Gasteiger partial charge in [0.25, 0.3) is 11.4 Å². The van der Waals surface area contributed by atoms with E-state index in [1.54, 1.807) is 24.3 Å². The van der Waals surface area contributed by atoms with Crippen LogP contribution in [-0.4, -0.2) is 46.9 Å². The zero-order valence-corrected chi connectivity index (χ0v) is 13.0. The molecule has 0 radical (unpaired) electrons. The predicted octanol–water partition coefficient (Wildman–Crippen LogP) is -0.0502. The number of nitrogens with zero attached hydrogens (tertiary/aromatic N) is 1. The highest BCUT2D eigenvalue weighted by atomic mass is 16.6. The number of aliphatic carboxylic acids is 1. The standard InChI is InChI=1S/C16H15N3O6/c20-8-17-11(16(22)23)7-9-1-3-10(4-2-9)12-13-15(19-18-14(12)21)25-6-5-24-13/h1-4,8,11H,5-7H2,(H,17,20)(H,18,21)(H,22,23)/t11-/m0/s1. The second-order valence-electron chi connectivity index (χ2n) is 5.34. The largest absolute Gasteiger partial charge is 0.484 e. The summed E-state index contributed by atoms with van der Waals surface area (Å²) in [5.74, 6) is -0.610. The topological polar surface area (TPSA) is 131 Å². The maximum Gasteiger partial charge on any atom is 0.326 e. The number of ether oxygens (including phenoxy) is 2. The van der Waals surface area contributed by atoms with Gasteiger partial charge in [0.1, 0.15) is 19.3 Å². The molecule has 0 fully saturated rings. The number of aromatic amines is 1. The molecule has 9 heteroatoms. The van der Waals surface area contributed by atoms with Crippen LogP contribution in [0.25, 0.3) is 11.1 Å². The molecule has 0 saturated carbocycles. The zero-order chi connectivity index (χ0) is 17.8. The van der Waals surface area contributed by atoms with Crippen LogP contribution in [0, 0.1) is 0 Å². The lowest BCUT2D eigenvalue weighted by atomic mass is 10.0. The number of carbonyl (C=O) groups excluding carboxylic acids is 1. The molecule has 1 aliphatic rings. The summed E-state index contributed by atoms with van der Waals surface area (Å²) in [6.45, 7) is 0.672. The monoisotopic (exact) mass is 345 g/mol. The average molecular weight is 345 g/mol. The fourth-order valence-corrected chi connectivity index (χ4v) is 2.54. The van der Waals surface area contributed by atoms with E-state index in [1.165, 1.54) is 0 Å². The Hall–Kier alpha value is -3.36. The molecule has 0 spiro atoms. The third kappa shape index (κ3) is 3.44. The molecule has 0 aliphatic carbocycles. The third-order valence-electron chi connectivity index (χ3n) is 3.73. The Balaban J connectivity index is 1.90. The Bertz CT molecular complexity index is 846. The van der Waals surface area contributed by atoms with Crippen molar-refractivity contribution in [3.63, 3.8) is 0 Å². The fourth-order valence-electron chi connectivity index (χ4n) is 2.54. The summed E-state index contributed by atoms with van der Waals surface area (Å²) in [5, 5.41) is 17.5. The first-order valence-corrected chi connectivity index (χ1v) is 7.50. The third-order valence-corrected chi connectivity index (χ3v) is 3.73. The summed E-state index contributed by atoms with van der Waals surface area (Å²) in [7, 11) is 0. The van der Waals surface area contributed by atoms with Crippen LogP contribution in [0.5, 0.6) is 11.6 Å². The van der Waals surface area contributed by atoms with Crippen molar-refractivity contribution in [2.75, 3.05) is 13.2 Å². The van der Waals surface area contributed by atoms with Crippen molar-refractivity contribution in [1.82, 2.24) is 15.5 Å². The molecule has 0 saturated heterocycles. The minimum Gasteiger partial charge on any atom is -0.484 e. The Labute approximate surface area is 141 Å². The molecule has 2 heterocycles. The second kappa shape index (κ2) is 7.04. The molecule has 25 heavy (non-hydrogen) atoms. The maximum atomic E-state index is 12.1. The molecule has 0 bridgehead atoms. The molecule has 3 rings (SSSR count). The molecular weight excluding hydrogens is 330 g/mol. The highest BCUT2D eigenvalue weighted by molar-refractivity contribution is 5.77. The normalized spacial score (nSPS) is 13.8. The van der Waals surface area contributed by atoms with Crippen molar-refractivity contribution in [2.24, 2.45) is 0 Å². The number of carboxylic acids is 1. The Morgan fingerprint density at radius 1 is 1.32 bits per heavy atom. The van der Waals surface area contributed by atoms with Gasteiger partial charge in [-0.1, -0.05) is 24.3 Å². The van der Waals surface area contributed by atoms with Crippen LogP contribution >= 0.6 is 0 Å². The van der Waals surface area contributed by atoms with Crippen LogP contribution in [0.2, 0.25) is 0 Å². The first-order valence-electron chi connectivity index (χ1n) is 7.50. The van der Waals surface area contributed by atoms with Gasteiger partial charge in [0.05, 0.1) is 5.56 Å². The van der Waals surface area contributed by atoms with Crippen LogP contribution in [0.15, 0.2) is 29.1 Å². The molecule has 1 aromatic heterocycles. The van der Waals surface area contributed by atoms with E-state index in [0.29, 0.717) is 36.3 Å². The lowest BCUT2D eigenvalue weighted by Crippen LogP contribution is -2.37. The number of hydrogen-bond acceptors (Lipinski definition) is 6. The Morgan fingerprint density at radius 2 is 2.04 bits per heavy atom. The Morgan fingerprint density at radius 3 is 2.72 bits per heavy atom. The van der Waals surface area contributed by atoms with Crippen molar-refractivity contribution in [1.29, 1.82) is 0 Å². The minimum atomic E-state index is -1.12. The number of carbonyl (C=O) groups is 2. The van der Waals surface area contributed by atoms with Gasteiger partial charge in [-0.05, 0) is 11.1 Å². The molecule has 1 amide bonds. The smallest absolute Gasteiger partial charge is 0.326 e. The van der Waals surface area contributed by atoms with Crippen LogP contribution in [0.1, 0.15) is 5.56 Å². The summed E-state index contributed by atoms with van der Waals surface area (Å²) < 4.78 is 10.9. The number of nitrogens with one attached hydrogen (secondary N) is 2. The zero-order valence-electron chi connectivity index (χ0n) is 13.0. The highest BCUT2D eigenvalue weighted by Gasteiger charge is 2.22. The number of amides is 1. The molecular formula is C16H15N3O6. The van der Waals surface area contributed by atoms with E-state index in [1.807, 2.05) is 0 Å². The van der Waals surface area contributed by atoms with Crippen molar-refractivity contribution in [2.45, 2.75) is 12.5 Å². The van der Waals surface area contributed by atoms with E-state index in [9.17, 15) is 14.4 Å². The van der Waals surface area contributed by atoms with Gasteiger partial charge in [0.2, 0.25) is 6.41 Å². The Kier molecular flexibility index (Phi) is 4.64. The lowest BCUT2D eigenvalue weighted by Gasteiger charge is -2.19. The molecule has 3 N–H and O–H groups in total. The van der Waals surface area contributed by atoms with Gasteiger partial charge in [0, 0.05) is 6.42 Å². The van der Waals surface area contributed by atoms with Crippen molar-refractivity contribution in [3.8, 4) is 22.8 Å². The van der Waals surface area contributed by atoms with E-state index in [-0.39, 0.29) is 18.1 Å². The average Bonchev–Trinajstić information content (AvgIpc) is 2.62. The van der Waals surface area contributed by atoms with Crippen LogP contribution < -0.4 is 20.3 Å². The summed E-state index contributed by atoms with van der Waals surface area (Å²) in [6, 6.07) is 5.72. The van der Waals surface area contributed by atoms with Gasteiger partial charge in [-0.3, -0.25) is 9.59 Å². The summed E-state index contributed by atoms with van der Waals surface area (Å²) >= 11 is 0. The number of benzene rings is 1. The van der Waals surface area contributed by atoms with Crippen LogP contribution in [-0.2, 0) is 16.0 Å². The minimum absolute atomic E-state index is 0.124. The number of aromatic nitrogens is 2. The fraction of sp³-hybridized carbons (Fsp3) is 0.250. The first-order chi connectivity index (χ1) is 12.1. The number of rotatable bonds is 6. The quantitative estimate of drug-likeness (QED) is 0.626. The number of carboxylic acid groups (broad SMARTS) is 1. The van der Waals surface area contributed by atoms with Crippen LogP contribution in [0.4, 0.5) is 0 Å². The number of hydrogen-bond donors (Lipinski definition) is 3. The van der Waals surface area contributed by atoms with E-state index in [2.05, 4.69) is 15.5 Å². The molecule has 9 nitrogen and oxygen atoms in total. The van der Waals surface area contributed by atoms with Gasteiger partial charge >= 0.3 is 5.97 Å². The molecule has 1 aromatic carbocycles. The highest BCUT2D eigenvalue weighted by Crippen LogP contribution is 2.35. The van der Waals surface area contributed by atoms with Gasteiger partial charge in [-0.2, -0.15) is 0 Å². The summed E-state index contributed by atoms with van der Waals surface area (Å²) in [4.78, 5) is 33.7. The maximum absolute atomic E-state index is 12.1. The van der Waals surface area contributed by atoms with Crippen molar-refractivity contribution in [3.05, 3.63) is 40.2 Å². The number of H-pyrrole nitrogens is 1. The van der Waals surface area contributed by atoms with E-state index >= 15 is 0 Å². The summed E-state index contributed by atoms with van der Waals surface area (Å²) in [5.41, 5.74) is 1.17. The lowest BCUT2D eigenvalue weighted by molar-refractivity contribution is -0.140. The molecule has 0 unspecified atom stereocenters. The van der Waals surface area contributed by atoms with E-state index in [0.717, 1.165) is 0 Å². The van der Waals surface area contributed by atoms with Gasteiger partial charge in [-0.25, -0.2) is 9.89 Å². The van der Waals surface area contributed by atoms with Crippen molar-refractivity contribution < 1.29 is 24.2 Å². The predicted molar refractivity (Wildman–Crippen MR) is 85.6 cm³/mol. The van der Waals surface area contributed by atoms with Crippen molar-refractivity contribution >= 4 is 12.4 Å². The van der Waals surface area contributed by atoms with E-state index < -0.39 is 17.6 Å². The van der Waals surface area contributed by atoms with Gasteiger partial charge in [-0.15, -0.1) is 5.10 Å². The summed E-state index contributed by atoms with van der Waals surface area (Å²) in [6.07, 6.45) is 0.478. The molecule has 2 aromatic rings. The molecule has 1 atom stereocenters. The molecule has 130 valence electrons. The SMILES string of the molecule is O=CN[C@@H](Cc1ccc(-c2c3c(n[nH]c2=O)OCCO3)cc1)C(=O)O. The molecule has 1 aliphatic heterocycles.